The lowest BCUT2D eigenvalue weighted by atomic mass is 9.86. The fourth-order valence-corrected chi connectivity index (χ4v) is 4.25. The molecule has 6 nitrogen and oxygen atoms in total. The maximum Gasteiger partial charge on any atom is 0.415 e. The summed E-state index contributed by atoms with van der Waals surface area (Å²) in [5.74, 6) is -1.07. The van der Waals surface area contributed by atoms with Crippen LogP contribution < -0.4 is 0 Å². The molecular weight excluding hydrogens is 448 g/mol. The highest BCUT2D eigenvalue weighted by Crippen LogP contribution is 2.39. The third kappa shape index (κ3) is 3.57. The minimum atomic E-state index is -1.11. The van der Waals surface area contributed by atoms with E-state index in [4.69, 9.17) is 9.73 Å². The van der Waals surface area contributed by atoms with Crippen LogP contribution in [0.15, 0.2) is 45.8 Å². The molecule has 0 saturated carbocycles. The molecule has 154 valence electrons. The summed E-state index contributed by atoms with van der Waals surface area (Å²) in [7, 11) is 0. The van der Waals surface area contributed by atoms with Gasteiger partial charge in [-0.3, -0.25) is 9.89 Å². The predicted octanol–water partition coefficient (Wildman–Crippen LogP) is 4.13. The van der Waals surface area contributed by atoms with E-state index >= 15 is 0 Å². The van der Waals surface area contributed by atoms with Gasteiger partial charge in [0.05, 0.1) is 35.1 Å². The first kappa shape index (κ1) is 20.0. The number of rotatable bonds is 3. The van der Waals surface area contributed by atoms with Crippen LogP contribution in [0.25, 0.3) is 0 Å². The summed E-state index contributed by atoms with van der Waals surface area (Å²) in [5.41, 5.74) is 1.25. The van der Waals surface area contributed by atoms with Gasteiger partial charge in [-0.1, -0.05) is 13.8 Å². The fraction of sp³-hybridized carbons (Fsp3) is 0.400. The molecule has 1 unspecified atom stereocenters. The van der Waals surface area contributed by atoms with E-state index in [2.05, 4.69) is 29.8 Å². The Hall–Kier alpha value is -2.26. The molecule has 1 fully saturated rings. The Morgan fingerprint density at radius 2 is 2.14 bits per heavy atom. The van der Waals surface area contributed by atoms with Crippen LogP contribution in [0.5, 0.6) is 0 Å². The highest BCUT2D eigenvalue weighted by atomic mass is 79.9. The van der Waals surface area contributed by atoms with Gasteiger partial charge in [-0.15, -0.1) is 0 Å². The summed E-state index contributed by atoms with van der Waals surface area (Å²) < 4.78 is 34.2. The van der Waals surface area contributed by atoms with Crippen molar-refractivity contribution >= 4 is 27.7 Å². The zero-order chi connectivity index (χ0) is 20.9. The highest BCUT2D eigenvalue weighted by molar-refractivity contribution is 9.10. The molecule has 0 aromatic heterocycles. The first-order valence-corrected chi connectivity index (χ1v) is 9.95. The van der Waals surface area contributed by atoms with E-state index in [9.17, 15) is 18.7 Å². The summed E-state index contributed by atoms with van der Waals surface area (Å²) in [4.78, 5) is 19.2. The molecule has 9 heteroatoms. The molecule has 1 N–H and O–H groups in total. The highest BCUT2D eigenvalue weighted by Gasteiger charge is 2.46. The molecule has 1 aromatic rings. The van der Waals surface area contributed by atoms with Crippen LogP contribution in [0, 0.1) is 17.0 Å². The summed E-state index contributed by atoms with van der Waals surface area (Å²) in [6, 6.07) is 2.19. The number of nitrogens with zero attached hydrogens (tertiary/aromatic N) is 3. The van der Waals surface area contributed by atoms with Crippen LogP contribution in [0.4, 0.5) is 13.6 Å². The SMILES string of the molecule is CC1(C)COC[C@H]1N1C2=CN(C(=O)O)C=CC2=NC1Cc1cc(F)c(Br)cc1F. The first-order valence-electron chi connectivity index (χ1n) is 9.16. The van der Waals surface area contributed by atoms with Crippen LogP contribution in [0.1, 0.15) is 19.4 Å². The summed E-state index contributed by atoms with van der Waals surface area (Å²) >= 11 is 2.99. The number of allylic oxidation sites excluding steroid dienone is 1. The first-order chi connectivity index (χ1) is 13.7. The standard InChI is InChI=1S/C20H20BrF2N3O3/c1-20(2)10-29-9-17(20)26-16-8-25(19(27)28)4-3-15(16)24-18(26)6-11-5-14(23)12(21)7-13(11)22/h3-5,7-8,17-18H,6,9-10H2,1-2H3,(H,27,28)/t17-,18?/m1/s1. The number of ether oxygens (including phenoxy) is 1. The number of benzene rings is 1. The number of hydrogen-bond acceptors (Lipinski definition) is 4. The molecule has 3 aliphatic rings. The summed E-state index contributed by atoms with van der Waals surface area (Å²) in [5, 5.41) is 9.36. The van der Waals surface area contributed by atoms with E-state index < -0.39 is 23.9 Å². The van der Waals surface area contributed by atoms with E-state index in [0.717, 1.165) is 11.0 Å². The fourth-order valence-electron chi connectivity index (χ4n) is 3.94. The van der Waals surface area contributed by atoms with E-state index in [-0.39, 0.29) is 27.9 Å². The molecule has 1 amide bonds. The van der Waals surface area contributed by atoms with Crippen LogP contribution in [0.2, 0.25) is 0 Å². The van der Waals surface area contributed by atoms with Gasteiger partial charge in [0.15, 0.2) is 0 Å². The third-order valence-corrected chi connectivity index (χ3v) is 6.11. The van der Waals surface area contributed by atoms with E-state index in [1.165, 1.54) is 18.5 Å². The summed E-state index contributed by atoms with van der Waals surface area (Å²) in [6.07, 6.45) is 3.08. The Labute approximate surface area is 175 Å². The largest absolute Gasteiger partial charge is 0.464 e. The molecule has 0 spiro atoms. The van der Waals surface area contributed by atoms with Crippen molar-refractivity contribution in [3.05, 3.63) is 58.0 Å². The van der Waals surface area contributed by atoms with E-state index in [1.807, 2.05) is 4.90 Å². The van der Waals surface area contributed by atoms with Crippen LogP contribution in [0.3, 0.4) is 0 Å². The lowest BCUT2D eigenvalue weighted by Gasteiger charge is -2.39. The number of fused-ring (bicyclic) bond motifs is 1. The van der Waals surface area contributed by atoms with Gasteiger partial charge >= 0.3 is 6.09 Å². The zero-order valence-electron chi connectivity index (χ0n) is 15.9. The summed E-state index contributed by atoms with van der Waals surface area (Å²) in [6.45, 7) is 5.11. The lowest BCUT2D eigenvalue weighted by Crippen LogP contribution is -2.48. The van der Waals surface area contributed by atoms with Gasteiger partial charge in [0, 0.05) is 24.2 Å². The zero-order valence-corrected chi connectivity index (χ0v) is 17.5. The predicted molar refractivity (Wildman–Crippen MR) is 106 cm³/mol. The maximum atomic E-state index is 14.5. The number of amides is 1. The average molecular weight is 468 g/mol. The quantitative estimate of drug-likeness (QED) is 0.678. The van der Waals surface area contributed by atoms with Crippen LogP contribution in [-0.4, -0.2) is 52.1 Å². The number of halogens is 3. The maximum absolute atomic E-state index is 14.5. The molecule has 4 rings (SSSR count). The van der Waals surface area contributed by atoms with Gasteiger partial charge in [0.2, 0.25) is 0 Å². The third-order valence-electron chi connectivity index (χ3n) is 5.50. The van der Waals surface area contributed by atoms with Gasteiger partial charge < -0.3 is 14.7 Å². The molecular formula is C20H20BrF2N3O3. The molecule has 1 saturated heterocycles. The number of carbonyl (C=O) groups is 1. The molecule has 0 bridgehead atoms. The molecule has 1 aromatic carbocycles. The minimum absolute atomic E-state index is 0.0649. The van der Waals surface area contributed by atoms with Crippen molar-refractivity contribution < 1.29 is 23.4 Å². The number of aliphatic imine (C=N–C) groups is 1. The number of hydrogen-bond donors (Lipinski definition) is 1. The van der Waals surface area contributed by atoms with Gasteiger partial charge in [-0.25, -0.2) is 13.6 Å². The van der Waals surface area contributed by atoms with Crippen molar-refractivity contribution in [1.82, 2.24) is 9.80 Å². The lowest BCUT2D eigenvalue weighted by molar-refractivity contribution is 0.132. The topological polar surface area (TPSA) is 65.4 Å². The number of carboxylic acid groups (broad SMARTS) is 1. The van der Waals surface area contributed by atoms with Gasteiger partial charge in [0.1, 0.15) is 17.8 Å². The van der Waals surface area contributed by atoms with Crippen molar-refractivity contribution in [3.8, 4) is 0 Å². The van der Waals surface area contributed by atoms with Crippen molar-refractivity contribution in [2.45, 2.75) is 32.5 Å². The Kier molecular flexibility index (Phi) is 4.98. The second-order valence-electron chi connectivity index (χ2n) is 8.00. The minimum Gasteiger partial charge on any atom is -0.464 e. The molecule has 0 radical (unpaired) electrons. The molecule has 29 heavy (non-hydrogen) atoms. The molecule has 3 aliphatic heterocycles. The Balaban J connectivity index is 1.73. The van der Waals surface area contributed by atoms with Crippen molar-refractivity contribution in [3.63, 3.8) is 0 Å². The van der Waals surface area contributed by atoms with Gasteiger partial charge in [-0.05, 0) is 39.7 Å². The second-order valence-corrected chi connectivity index (χ2v) is 8.86. The van der Waals surface area contributed by atoms with E-state index in [0.29, 0.717) is 24.6 Å². The van der Waals surface area contributed by atoms with Crippen LogP contribution in [-0.2, 0) is 11.2 Å². The Morgan fingerprint density at radius 3 is 2.79 bits per heavy atom. The normalized spacial score (nSPS) is 25.1. The molecule has 3 heterocycles. The average Bonchev–Trinajstić information content (AvgIpc) is 3.17. The second kappa shape index (κ2) is 7.21. The van der Waals surface area contributed by atoms with Crippen LogP contribution >= 0.6 is 15.9 Å². The smallest absolute Gasteiger partial charge is 0.415 e. The van der Waals surface area contributed by atoms with Gasteiger partial charge in [0.25, 0.3) is 0 Å². The van der Waals surface area contributed by atoms with Crippen molar-refractivity contribution in [1.29, 1.82) is 0 Å². The molecule has 2 atom stereocenters. The Morgan fingerprint density at radius 1 is 1.38 bits per heavy atom. The van der Waals surface area contributed by atoms with Crippen molar-refractivity contribution in [2.24, 2.45) is 10.4 Å². The van der Waals surface area contributed by atoms with Gasteiger partial charge in [-0.2, -0.15) is 0 Å². The monoisotopic (exact) mass is 467 g/mol. The Bertz CT molecular complexity index is 961. The van der Waals surface area contributed by atoms with E-state index in [1.54, 1.807) is 6.08 Å². The van der Waals surface area contributed by atoms with Crippen molar-refractivity contribution in [2.75, 3.05) is 13.2 Å². The molecule has 0 aliphatic carbocycles.